The van der Waals surface area contributed by atoms with Crippen LogP contribution in [-0.4, -0.2) is 29.8 Å². The van der Waals surface area contributed by atoms with Crippen molar-refractivity contribution in [2.45, 2.75) is 27.7 Å². The number of aryl methyl sites for hydroxylation is 2. The molecule has 0 atom stereocenters. The Labute approximate surface area is 136 Å². The van der Waals surface area contributed by atoms with Gasteiger partial charge >= 0.3 is 0 Å². The van der Waals surface area contributed by atoms with Crippen LogP contribution in [0, 0.1) is 20.8 Å². The van der Waals surface area contributed by atoms with Gasteiger partial charge in [-0.15, -0.1) is 0 Å². The van der Waals surface area contributed by atoms with E-state index in [-0.39, 0.29) is 18.3 Å². The summed E-state index contributed by atoms with van der Waals surface area (Å²) in [5, 5.41) is 2.73. The maximum atomic E-state index is 12.5. The highest BCUT2D eigenvalue weighted by molar-refractivity contribution is 6.04. The molecule has 1 aromatic carbocycles. The van der Waals surface area contributed by atoms with E-state index in [0.717, 1.165) is 5.56 Å². The lowest BCUT2D eigenvalue weighted by Crippen LogP contribution is -2.24. The van der Waals surface area contributed by atoms with Crippen LogP contribution >= 0.6 is 0 Å². The number of aromatic amines is 1. The lowest BCUT2D eigenvalue weighted by Gasteiger charge is -2.07. The maximum Gasteiger partial charge on any atom is 0.267 e. The van der Waals surface area contributed by atoms with Crippen molar-refractivity contribution in [1.29, 1.82) is 0 Å². The first-order valence-corrected chi connectivity index (χ1v) is 7.64. The van der Waals surface area contributed by atoms with E-state index in [1.165, 1.54) is 0 Å². The van der Waals surface area contributed by atoms with Crippen LogP contribution in [0.5, 0.6) is 5.75 Å². The molecule has 5 nitrogen and oxygen atoms in total. The average Bonchev–Trinajstić information content (AvgIpc) is 2.80. The van der Waals surface area contributed by atoms with Gasteiger partial charge in [-0.2, -0.15) is 0 Å². The van der Waals surface area contributed by atoms with Gasteiger partial charge in [-0.05, 0) is 51.0 Å². The van der Waals surface area contributed by atoms with Crippen LogP contribution in [0.1, 0.15) is 44.6 Å². The summed E-state index contributed by atoms with van der Waals surface area (Å²) in [6, 6.07) is 7.55. The molecule has 1 amide bonds. The van der Waals surface area contributed by atoms with Gasteiger partial charge in [0.05, 0.1) is 0 Å². The zero-order valence-corrected chi connectivity index (χ0v) is 13.9. The van der Waals surface area contributed by atoms with Crippen molar-refractivity contribution in [3.8, 4) is 5.75 Å². The van der Waals surface area contributed by atoms with Gasteiger partial charge in [0, 0.05) is 17.8 Å². The van der Waals surface area contributed by atoms with Crippen molar-refractivity contribution >= 4 is 11.7 Å². The molecule has 0 aliphatic heterocycles. The summed E-state index contributed by atoms with van der Waals surface area (Å²) in [5.74, 6) is 0.313. The highest BCUT2D eigenvalue weighted by Gasteiger charge is 2.21. The fraction of sp³-hybridized carbons (Fsp3) is 0.333. The molecule has 2 rings (SSSR count). The maximum absolute atomic E-state index is 12.5. The van der Waals surface area contributed by atoms with Crippen molar-refractivity contribution in [3.05, 3.63) is 52.3 Å². The summed E-state index contributed by atoms with van der Waals surface area (Å²) in [4.78, 5) is 27.4. The van der Waals surface area contributed by atoms with Gasteiger partial charge in [0.1, 0.15) is 11.4 Å². The molecule has 0 saturated heterocycles. The standard InChI is InChI=1S/C18H22N2O3/c1-5-19-18(22)17-12(3)16(13(4)20-17)15(21)10-23-14-8-6-7-11(2)9-14/h6-9,20H,5,10H2,1-4H3,(H,19,22). The summed E-state index contributed by atoms with van der Waals surface area (Å²) in [5.41, 5.74) is 3.37. The molecule has 0 saturated carbocycles. The molecule has 0 aliphatic rings. The monoisotopic (exact) mass is 314 g/mol. The second kappa shape index (κ2) is 7.13. The third-order valence-corrected chi connectivity index (χ3v) is 3.64. The number of Topliss-reactive ketones (excluding diaryl/α,β-unsaturated/α-hetero) is 1. The average molecular weight is 314 g/mol. The van der Waals surface area contributed by atoms with Gasteiger partial charge in [0.15, 0.2) is 6.61 Å². The Hall–Kier alpha value is -2.56. The molecule has 0 bridgehead atoms. The van der Waals surface area contributed by atoms with E-state index in [1.807, 2.05) is 38.1 Å². The Morgan fingerprint density at radius 3 is 2.61 bits per heavy atom. The zero-order valence-electron chi connectivity index (χ0n) is 13.9. The topological polar surface area (TPSA) is 71.2 Å². The molecule has 2 aromatic rings. The minimum absolute atomic E-state index is 0.0577. The quantitative estimate of drug-likeness (QED) is 0.805. The summed E-state index contributed by atoms with van der Waals surface area (Å²) >= 11 is 0. The molecule has 5 heteroatoms. The molecular formula is C18H22N2O3. The Bertz CT molecular complexity index is 732. The molecule has 0 radical (unpaired) electrons. The first-order chi connectivity index (χ1) is 10.9. The Kier molecular flexibility index (Phi) is 5.21. The second-order valence-electron chi connectivity index (χ2n) is 5.51. The summed E-state index contributed by atoms with van der Waals surface area (Å²) in [6.45, 7) is 7.86. The minimum Gasteiger partial charge on any atom is -0.485 e. The third-order valence-electron chi connectivity index (χ3n) is 3.64. The summed E-state index contributed by atoms with van der Waals surface area (Å²) < 4.78 is 5.57. The molecule has 0 unspecified atom stereocenters. The number of ether oxygens (including phenoxy) is 1. The highest BCUT2D eigenvalue weighted by atomic mass is 16.5. The van der Waals surface area contributed by atoms with E-state index in [4.69, 9.17) is 4.74 Å². The van der Waals surface area contributed by atoms with Crippen LogP contribution in [-0.2, 0) is 0 Å². The van der Waals surface area contributed by atoms with E-state index in [9.17, 15) is 9.59 Å². The van der Waals surface area contributed by atoms with Crippen LogP contribution in [0.25, 0.3) is 0 Å². The number of carbonyl (C=O) groups is 2. The van der Waals surface area contributed by atoms with Crippen LogP contribution < -0.4 is 10.1 Å². The van der Waals surface area contributed by atoms with Crippen LogP contribution in [0.3, 0.4) is 0 Å². The first-order valence-electron chi connectivity index (χ1n) is 7.64. The number of benzene rings is 1. The number of rotatable bonds is 6. The van der Waals surface area contributed by atoms with Gasteiger partial charge in [-0.25, -0.2) is 0 Å². The molecule has 23 heavy (non-hydrogen) atoms. The predicted molar refractivity (Wildman–Crippen MR) is 89.3 cm³/mol. The minimum atomic E-state index is -0.202. The molecule has 0 fully saturated rings. The summed E-state index contributed by atoms with van der Waals surface area (Å²) in [7, 11) is 0. The van der Waals surface area contributed by atoms with Crippen molar-refractivity contribution in [1.82, 2.24) is 10.3 Å². The normalized spacial score (nSPS) is 10.4. The third kappa shape index (κ3) is 3.80. The second-order valence-corrected chi connectivity index (χ2v) is 5.51. The molecule has 0 aliphatic carbocycles. The van der Waals surface area contributed by atoms with Gasteiger partial charge in [-0.3, -0.25) is 9.59 Å². The number of aromatic nitrogens is 1. The van der Waals surface area contributed by atoms with Gasteiger partial charge in [0.25, 0.3) is 5.91 Å². The van der Waals surface area contributed by atoms with Gasteiger partial charge in [0.2, 0.25) is 5.78 Å². The van der Waals surface area contributed by atoms with Gasteiger partial charge in [-0.1, -0.05) is 12.1 Å². The zero-order chi connectivity index (χ0) is 17.0. The fourth-order valence-corrected chi connectivity index (χ4v) is 2.57. The number of nitrogens with one attached hydrogen (secondary N) is 2. The lowest BCUT2D eigenvalue weighted by molar-refractivity contribution is 0.0920. The van der Waals surface area contributed by atoms with E-state index < -0.39 is 0 Å². The smallest absolute Gasteiger partial charge is 0.267 e. The number of amides is 1. The molecule has 1 aromatic heterocycles. The molecule has 2 N–H and O–H groups in total. The number of carbonyl (C=O) groups excluding carboxylic acids is 2. The van der Waals surface area contributed by atoms with Crippen molar-refractivity contribution in [3.63, 3.8) is 0 Å². The van der Waals surface area contributed by atoms with E-state index >= 15 is 0 Å². The van der Waals surface area contributed by atoms with Crippen molar-refractivity contribution < 1.29 is 14.3 Å². The Morgan fingerprint density at radius 2 is 1.96 bits per heavy atom. The lowest BCUT2D eigenvalue weighted by atomic mass is 10.1. The predicted octanol–water partition coefficient (Wildman–Crippen LogP) is 2.95. The first kappa shape index (κ1) is 16.8. The number of H-pyrrole nitrogens is 1. The molecular weight excluding hydrogens is 292 g/mol. The Morgan fingerprint density at radius 1 is 1.22 bits per heavy atom. The fourth-order valence-electron chi connectivity index (χ4n) is 2.57. The molecule has 1 heterocycles. The van der Waals surface area contributed by atoms with Crippen molar-refractivity contribution in [2.24, 2.45) is 0 Å². The largest absolute Gasteiger partial charge is 0.485 e. The highest BCUT2D eigenvalue weighted by Crippen LogP contribution is 2.19. The number of hydrogen-bond donors (Lipinski definition) is 2. The summed E-state index contributed by atoms with van der Waals surface area (Å²) in [6.07, 6.45) is 0. The van der Waals surface area contributed by atoms with Crippen molar-refractivity contribution in [2.75, 3.05) is 13.2 Å². The Balaban J connectivity index is 2.15. The van der Waals surface area contributed by atoms with Crippen LogP contribution in [0.15, 0.2) is 24.3 Å². The van der Waals surface area contributed by atoms with E-state index in [2.05, 4.69) is 10.3 Å². The van der Waals surface area contributed by atoms with Crippen LogP contribution in [0.4, 0.5) is 0 Å². The SMILES string of the molecule is CCNC(=O)c1[nH]c(C)c(C(=O)COc2cccc(C)c2)c1C. The van der Waals surface area contributed by atoms with Gasteiger partial charge < -0.3 is 15.0 Å². The number of hydrogen-bond acceptors (Lipinski definition) is 3. The molecule has 122 valence electrons. The van der Waals surface area contributed by atoms with E-state index in [0.29, 0.717) is 34.8 Å². The number of ketones is 1. The molecule has 0 spiro atoms. The van der Waals surface area contributed by atoms with E-state index in [1.54, 1.807) is 13.8 Å². The van der Waals surface area contributed by atoms with Crippen LogP contribution in [0.2, 0.25) is 0 Å².